The van der Waals surface area contributed by atoms with E-state index >= 15 is 0 Å². The second-order valence-corrected chi connectivity index (χ2v) is 22.0. The van der Waals surface area contributed by atoms with Gasteiger partial charge in [-0.2, -0.15) is 0 Å². The molecule has 29 nitrogen and oxygen atoms in total. The van der Waals surface area contributed by atoms with Crippen LogP contribution in [0.1, 0.15) is 114 Å². The molecule has 4 atom stereocenters. The van der Waals surface area contributed by atoms with E-state index < -0.39 is 158 Å². The summed E-state index contributed by atoms with van der Waals surface area (Å²) in [5.74, 6) is -9.51. The number of unbranched alkanes of at least 4 members (excludes halogenated alkanes) is 2. The lowest BCUT2D eigenvalue weighted by Gasteiger charge is -2.34. The van der Waals surface area contributed by atoms with Gasteiger partial charge in [-0.05, 0) is 62.3 Å². The van der Waals surface area contributed by atoms with Crippen molar-refractivity contribution in [2.45, 2.75) is 141 Å². The van der Waals surface area contributed by atoms with Crippen LogP contribution < -0.4 is 36.9 Å². The van der Waals surface area contributed by atoms with Gasteiger partial charge in [-0.1, -0.05) is 27.2 Å². The highest BCUT2D eigenvalue weighted by atomic mass is 16.6. The molecule has 7 rings (SSSR count). The Labute approximate surface area is 497 Å². The Morgan fingerprint density at radius 2 is 1.37 bits per heavy atom. The number of cyclic esters (lactones) is 1. The molecular formula is C58H72N8O21. The fraction of sp³-hybridized carbons (Fsp3) is 0.534. The lowest BCUT2D eigenvalue weighted by molar-refractivity contribution is -0.172. The zero-order chi connectivity index (χ0) is 63.3. The molecule has 9 N–H and O–H groups in total. The van der Waals surface area contributed by atoms with Crippen LogP contribution in [0.25, 0.3) is 22.3 Å². The number of rotatable bonds is 34. The van der Waals surface area contributed by atoms with Gasteiger partial charge in [0.05, 0.1) is 100 Å². The topological polar surface area (TPSA) is 413 Å². The van der Waals surface area contributed by atoms with E-state index in [2.05, 4.69) is 26.6 Å². The van der Waals surface area contributed by atoms with Crippen LogP contribution in [0.15, 0.2) is 35.1 Å². The van der Waals surface area contributed by atoms with E-state index in [9.17, 15) is 78.0 Å². The Morgan fingerprint density at radius 1 is 0.736 bits per heavy atom. The van der Waals surface area contributed by atoms with Crippen molar-refractivity contribution in [3.8, 4) is 17.1 Å². The number of aromatic nitrogens is 2. The SMILES string of the molecule is CC[C@@]1(O)C(=O)OCc2c1cc1n(c2=O)Cc2c-1nc1ccc(NC(=O)[C@H](C)NC(=O)[C@@H](NC(=O)[C@H](CCC(=O)NC(COCCC(=O)O)(COCCC(=O)O)COCCC(=O)O)NC(=O)CCCCCN3C(=O)C=CC3=O)C(C)C)c3c1c2CCO3. The Kier molecular flexibility index (Phi) is 22.1. The zero-order valence-corrected chi connectivity index (χ0v) is 48.6. The quantitative estimate of drug-likeness (QED) is 0.0176. The number of carboxylic acid groups (broad SMARTS) is 3. The molecule has 3 aromatic rings. The Morgan fingerprint density at radius 3 is 1.97 bits per heavy atom. The first kappa shape index (κ1) is 65.9. The van der Waals surface area contributed by atoms with E-state index in [4.69, 9.17) is 28.7 Å². The molecule has 0 saturated carbocycles. The number of aliphatic hydroxyl groups is 1. The van der Waals surface area contributed by atoms with Gasteiger partial charge in [0.2, 0.25) is 29.5 Å². The summed E-state index contributed by atoms with van der Waals surface area (Å²) in [6.07, 6.45) is 1.35. The first-order valence-electron chi connectivity index (χ1n) is 28.6. The van der Waals surface area contributed by atoms with Crippen LogP contribution >= 0.6 is 0 Å². The largest absolute Gasteiger partial charge is 0.490 e. The summed E-state index contributed by atoms with van der Waals surface area (Å²) in [7, 11) is 0. The summed E-state index contributed by atoms with van der Waals surface area (Å²) in [5, 5.41) is 53.0. The maximum absolute atomic E-state index is 14.3. The highest BCUT2D eigenvalue weighted by Gasteiger charge is 2.46. The number of nitrogens with one attached hydrogen (secondary N) is 5. The van der Waals surface area contributed by atoms with Crippen LogP contribution in [0.3, 0.4) is 0 Å². The molecule has 0 radical (unpaired) electrons. The Bertz CT molecular complexity index is 3230. The third-order valence-electron chi connectivity index (χ3n) is 15.2. The minimum atomic E-state index is -2.01. The molecule has 4 aliphatic rings. The monoisotopic (exact) mass is 1220 g/mol. The van der Waals surface area contributed by atoms with Crippen molar-refractivity contribution in [2.75, 3.05) is 58.1 Å². The molecule has 1 aromatic carbocycles. The number of fused-ring (bicyclic) bond motifs is 5. The van der Waals surface area contributed by atoms with E-state index in [0.717, 1.165) is 28.2 Å². The van der Waals surface area contributed by atoms with E-state index in [0.29, 0.717) is 47.3 Å². The maximum atomic E-state index is 14.3. The second-order valence-electron chi connectivity index (χ2n) is 22.0. The van der Waals surface area contributed by atoms with Gasteiger partial charge in [-0.15, -0.1) is 0 Å². The molecule has 0 spiro atoms. The van der Waals surface area contributed by atoms with Crippen molar-refractivity contribution >= 4 is 81.8 Å². The summed E-state index contributed by atoms with van der Waals surface area (Å²) in [6, 6.07) is 0.791. The first-order chi connectivity index (χ1) is 41.4. The average Bonchev–Trinajstić information content (AvgIpc) is 1.66. The molecule has 0 fully saturated rings. The van der Waals surface area contributed by atoms with Gasteiger partial charge in [0.1, 0.15) is 30.3 Å². The van der Waals surface area contributed by atoms with Crippen LogP contribution in [0.2, 0.25) is 0 Å². The highest BCUT2D eigenvalue weighted by molar-refractivity contribution is 6.13. The number of esters is 1. The lowest BCUT2D eigenvalue weighted by Crippen LogP contribution is -2.59. The van der Waals surface area contributed by atoms with Crippen molar-refractivity contribution in [2.24, 2.45) is 5.92 Å². The smallest absolute Gasteiger partial charge is 0.343 e. The Balaban J connectivity index is 1.05. The number of imide groups is 1. The number of hydrogen-bond donors (Lipinski definition) is 9. The lowest BCUT2D eigenvalue weighted by atomic mass is 9.86. The average molecular weight is 1220 g/mol. The van der Waals surface area contributed by atoms with Crippen LogP contribution in [-0.2, 0) is 96.9 Å². The summed E-state index contributed by atoms with van der Waals surface area (Å²) < 4.78 is 29.6. The molecule has 29 heteroatoms. The van der Waals surface area contributed by atoms with Crippen LogP contribution in [-0.4, -0.2) is 177 Å². The van der Waals surface area contributed by atoms with Gasteiger partial charge in [-0.3, -0.25) is 57.6 Å². The van der Waals surface area contributed by atoms with Crippen LogP contribution in [0.4, 0.5) is 5.69 Å². The summed E-state index contributed by atoms with van der Waals surface area (Å²) in [5.41, 5.74) is -0.588. The number of anilines is 1. The summed E-state index contributed by atoms with van der Waals surface area (Å²) >= 11 is 0. The zero-order valence-electron chi connectivity index (χ0n) is 48.6. The first-order valence-corrected chi connectivity index (χ1v) is 28.6. The number of amides is 7. The molecule has 2 aromatic heterocycles. The van der Waals surface area contributed by atoms with E-state index in [1.165, 1.54) is 11.5 Å². The molecule has 87 heavy (non-hydrogen) atoms. The number of nitrogens with zero attached hydrogens (tertiary/aromatic N) is 3. The fourth-order valence-electron chi connectivity index (χ4n) is 10.5. The predicted molar refractivity (Wildman–Crippen MR) is 302 cm³/mol. The Hall–Kier alpha value is -8.67. The van der Waals surface area contributed by atoms with Crippen molar-refractivity contribution in [3.63, 3.8) is 0 Å². The molecule has 0 bridgehead atoms. The predicted octanol–water partition coefficient (Wildman–Crippen LogP) is 0.678. The molecule has 7 amide bonds. The number of benzene rings is 1. The molecule has 0 aliphatic carbocycles. The number of ether oxygens (including phenoxy) is 5. The van der Waals surface area contributed by atoms with E-state index in [1.807, 2.05) is 0 Å². The van der Waals surface area contributed by atoms with Gasteiger partial charge in [-0.25, -0.2) is 9.78 Å². The molecule has 470 valence electrons. The third kappa shape index (κ3) is 16.1. The minimum absolute atomic E-state index is 0.0252. The number of carboxylic acids is 3. The number of hydrogen-bond acceptors (Lipinski definition) is 19. The van der Waals surface area contributed by atoms with Crippen molar-refractivity contribution < 1.29 is 96.9 Å². The number of carbonyl (C=O) groups excluding carboxylic acids is 8. The van der Waals surface area contributed by atoms with E-state index in [-0.39, 0.29) is 82.2 Å². The fourth-order valence-corrected chi connectivity index (χ4v) is 10.5. The number of aliphatic carboxylic acids is 3. The van der Waals surface area contributed by atoms with Crippen molar-refractivity contribution in [1.82, 2.24) is 35.7 Å². The van der Waals surface area contributed by atoms with Gasteiger partial charge in [0, 0.05) is 54.5 Å². The number of pyridine rings is 2. The molecule has 4 aliphatic heterocycles. The normalized spacial score (nSPS) is 16.7. The molecule has 0 saturated heterocycles. The van der Waals surface area contributed by atoms with Gasteiger partial charge in [0.25, 0.3) is 17.4 Å². The molecule has 0 unspecified atom stereocenters. The minimum Gasteiger partial charge on any atom is -0.490 e. The standard InChI is InChI=1S/C58H72N8O21/c1-5-58(82)36-25-40-50-34(26-66(40)55(80)35(36)27-87-56(58)81)33-16-24-86-51-38(11-10-37(61-50)48(33)51)62-52(77)32(4)59-54(79)49(31(2)3)63-53(78)39(60-41(67)9-7-6-8-20-65-43(69)14-15-44(65)70)12-13-42(68)64-57(28-83-21-17-45(71)72,29-84-22-18-46(73)74)30-85-23-19-47(75)76/h10-11,14-15,25,31-32,39,49,82H,5-9,12-13,16-24,26-30H2,1-4H3,(H,59,79)(H,60,67)(H,62,77)(H,63,78)(H,64,68)(H,71,72)(H,73,74)(H,75,76)/t32-,39-,49-,58-/m0/s1. The molecule has 6 heterocycles. The highest BCUT2D eigenvalue weighted by Crippen LogP contribution is 2.45. The van der Waals surface area contributed by atoms with Crippen molar-refractivity contribution in [3.05, 3.63) is 63.0 Å². The summed E-state index contributed by atoms with van der Waals surface area (Å²) in [6.45, 7) is 4.01. The van der Waals surface area contributed by atoms with Gasteiger partial charge < -0.3 is 75.3 Å². The van der Waals surface area contributed by atoms with Crippen molar-refractivity contribution in [1.29, 1.82) is 0 Å². The van der Waals surface area contributed by atoms with Crippen LogP contribution in [0, 0.1) is 5.92 Å². The second kappa shape index (κ2) is 29.1. The molecular weight excluding hydrogens is 1140 g/mol. The summed E-state index contributed by atoms with van der Waals surface area (Å²) in [4.78, 5) is 160. The third-order valence-corrected chi connectivity index (χ3v) is 15.2. The number of carbonyl (C=O) groups is 11. The van der Waals surface area contributed by atoms with Gasteiger partial charge >= 0.3 is 23.9 Å². The maximum Gasteiger partial charge on any atom is 0.343 e. The van der Waals surface area contributed by atoms with Crippen LogP contribution in [0.5, 0.6) is 5.75 Å². The van der Waals surface area contributed by atoms with E-state index in [1.54, 1.807) is 39.0 Å². The van der Waals surface area contributed by atoms with Gasteiger partial charge in [0.15, 0.2) is 11.4 Å².